The smallest absolute Gasteiger partial charge is 0.330 e. The van der Waals surface area contributed by atoms with Crippen LogP contribution in [-0.2, 0) is 14.3 Å². The van der Waals surface area contributed by atoms with Crippen molar-refractivity contribution in [2.24, 2.45) is 5.92 Å². The maximum Gasteiger partial charge on any atom is 0.330 e. The van der Waals surface area contributed by atoms with Crippen molar-refractivity contribution >= 4 is 64.2 Å². The largest absolute Gasteiger partial charge is 0.454 e. The van der Waals surface area contributed by atoms with E-state index in [0.29, 0.717) is 5.02 Å². The summed E-state index contributed by atoms with van der Waals surface area (Å²) < 4.78 is 5.10. The van der Waals surface area contributed by atoms with Crippen LogP contribution < -0.4 is 5.32 Å². The number of halogens is 3. The van der Waals surface area contributed by atoms with E-state index in [1.54, 1.807) is 26.0 Å². The zero-order chi connectivity index (χ0) is 22.9. The SMILES string of the molecule is CC(C)[C@H](C(=O)OCC(=O)Nc1c(Cl)cc(Cl)cc1Cl)N1C(=O)c2ccccc2C1=O. The zero-order valence-electron chi connectivity index (χ0n) is 16.4. The molecule has 1 heterocycles. The van der Waals surface area contributed by atoms with Crippen molar-refractivity contribution in [3.05, 3.63) is 62.6 Å². The Morgan fingerprint density at radius 2 is 1.52 bits per heavy atom. The lowest BCUT2D eigenvalue weighted by atomic mass is 10.0. The number of nitrogens with one attached hydrogen (secondary N) is 1. The van der Waals surface area contributed by atoms with Gasteiger partial charge in [-0.15, -0.1) is 0 Å². The van der Waals surface area contributed by atoms with E-state index in [4.69, 9.17) is 39.5 Å². The van der Waals surface area contributed by atoms with Gasteiger partial charge in [-0.25, -0.2) is 4.79 Å². The summed E-state index contributed by atoms with van der Waals surface area (Å²) in [5, 5.41) is 2.96. The van der Waals surface area contributed by atoms with Gasteiger partial charge in [0.15, 0.2) is 6.61 Å². The Kier molecular flexibility index (Phi) is 6.89. The van der Waals surface area contributed by atoms with Crippen molar-refractivity contribution in [1.82, 2.24) is 4.90 Å². The molecule has 3 amide bonds. The highest BCUT2D eigenvalue weighted by Crippen LogP contribution is 2.33. The molecule has 31 heavy (non-hydrogen) atoms. The number of imide groups is 1. The Balaban J connectivity index is 1.71. The lowest BCUT2D eigenvalue weighted by molar-refractivity contribution is -0.152. The fourth-order valence-electron chi connectivity index (χ4n) is 3.20. The third-order valence-corrected chi connectivity index (χ3v) is 5.41. The molecule has 2 aromatic carbocycles. The number of benzene rings is 2. The predicted molar refractivity (Wildman–Crippen MR) is 117 cm³/mol. The Morgan fingerprint density at radius 1 is 1.00 bits per heavy atom. The monoisotopic (exact) mass is 482 g/mol. The average Bonchev–Trinajstić information content (AvgIpc) is 2.94. The molecule has 1 aliphatic heterocycles. The molecule has 0 radical (unpaired) electrons. The Bertz CT molecular complexity index is 1030. The van der Waals surface area contributed by atoms with Gasteiger partial charge in [0.25, 0.3) is 17.7 Å². The van der Waals surface area contributed by atoms with Gasteiger partial charge < -0.3 is 10.1 Å². The van der Waals surface area contributed by atoms with Crippen LogP contribution in [0.5, 0.6) is 0 Å². The quantitative estimate of drug-likeness (QED) is 0.484. The molecule has 162 valence electrons. The van der Waals surface area contributed by atoms with E-state index in [0.717, 1.165) is 4.90 Å². The number of anilines is 1. The van der Waals surface area contributed by atoms with Crippen molar-refractivity contribution in [2.45, 2.75) is 19.9 Å². The van der Waals surface area contributed by atoms with Gasteiger partial charge in [-0.2, -0.15) is 0 Å². The van der Waals surface area contributed by atoms with Gasteiger partial charge in [-0.1, -0.05) is 60.8 Å². The van der Waals surface area contributed by atoms with Crippen molar-refractivity contribution < 1.29 is 23.9 Å². The predicted octanol–water partition coefficient (Wildman–Crippen LogP) is 4.45. The van der Waals surface area contributed by atoms with Crippen LogP contribution in [0.2, 0.25) is 15.1 Å². The van der Waals surface area contributed by atoms with Crippen molar-refractivity contribution in [3.8, 4) is 0 Å². The van der Waals surface area contributed by atoms with Crippen LogP contribution in [0.1, 0.15) is 34.6 Å². The first kappa shape index (κ1) is 23.1. The Labute approximate surface area is 193 Å². The first-order chi connectivity index (χ1) is 14.6. The van der Waals surface area contributed by atoms with E-state index < -0.39 is 42.3 Å². The van der Waals surface area contributed by atoms with E-state index in [1.807, 2.05) is 0 Å². The number of esters is 1. The minimum Gasteiger partial charge on any atom is -0.454 e. The van der Waals surface area contributed by atoms with E-state index in [9.17, 15) is 19.2 Å². The van der Waals surface area contributed by atoms with Crippen LogP contribution in [-0.4, -0.2) is 41.2 Å². The van der Waals surface area contributed by atoms with Gasteiger partial charge >= 0.3 is 5.97 Å². The maximum absolute atomic E-state index is 12.7. The first-order valence-corrected chi connectivity index (χ1v) is 10.3. The topological polar surface area (TPSA) is 92.8 Å². The number of nitrogens with zero attached hydrogens (tertiary/aromatic N) is 1. The van der Waals surface area contributed by atoms with Gasteiger partial charge in [0, 0.05) is 5.02 Å². The van der Waals surface area contributed by atoms with E-state index >= 15 is 0 Å². The minimum absolute atomic E-state index is 0.114. The third-order valence-electron chi connectivity index (χ3n) is 4.59. The summed E-state index contributed by atoms with van der Waals surface area (Å²) in [6.07, 6.45) is 0. The molecule has 0 saturated carbocycles. The molecule has 0 bridgehead atoms. The summed E-state index contributed by atoms with van der Waals surface area (Å²) in [6, 6.07) is 7.90. The number of hydrogen-bond donors (Lipinski definition) is 1. The molecule has 1 atom stereocenters. The Morgan fingerprint density at radius 3 is 2.00 bits per heavy atom. The number of carbonyl (C=O) groups excluding carboxylic acids is 4. The van der Waals surface area contributed by atoms with Crippen molar-refractivity contribution in [2.75, 3.05) is 11.9 Å². The second-order valence-corrected chi connectivity index (χ2v) is 8.37. The lowest BCUT2D eigenvalue weighted by Gasteiger charge is -2.27. The second-order valence-electron chi connectivity index (χ2n) is 7.12. The summed E-state index contributed by atoms with van der Waals surface area (Å²) in [4.78, 5) is 51.3. The highest BCUT2D eigenvalue weighted by molar-refractivity contribution is 6.42. The number of hydrogen-bond acceptors (Lipinski definition) is 5. The number of fused-ring (bicyclic) bond motifs is 1. The van der Waals surface area contributed by atoms with Crippen LogP contribution in [0.25, 0.3) is 0 Å². The molecule has 0 saturated heterocycles. The molecular formula is C21H17Cl3N2O5. The number of rotatable bonds is 6. The lowest BCUT2D eigenvalue weighted by Crippen LogP contribution is -2.49. The van der Waals surface area contributed by atoms with Crippen molar-refractivity contribution in [3.63, 3.8) is 0 Å². The molecule has 1 N–H and O–H groups in total. The molecule has 7 nitrogen and oxygen atoms in total. The molecular weight excluding hydrogens is 467 g/mol. The normalized spacial score (nSPS) is 13.9. The van der Waals surface area contributed by atoms with Gasteiger partial charge in [-0.05, 0) is 30.2 Å². The van der Waals surface area contributed by atoms with E-state index in [2.05, 4.69) is 5.32 Å². The summed E-state index contributed by atoms with van der Waals surface area (Å²) in [5.41, 5.74) is 0.556. The summed E-state index contributed by atoms with van der Waals surface area (Å²) in [7, 11) is 0. The number of amides is 3. The van der Waals surface area contributed by atoms with Crippen LogP contribution in [0.3, 0.4) is 0 Å². The third kappa shape index (κ3) is 4.69. The van der Waals surface area contributed by atoms with Crippen molar-refractivity contribution in [1.29, 1.82) is 0 Å². The number of carbonyl (C=O) groups is 4. The average molecular weight is 484 g/mol. The van der Waals surface area contributed by atoms with E-state index in [1.165, 1.54) is 24.3 Å². The highest BCUT2D eigenvalue weighted by atomic mass is 35.5. The van der Waals surface area contributed by atoms with E-state index in [-0.39, 0.29) is 26.9 Å². The fourth-order valence-corrected chi connectivity index (χ4v) is 4.11. The first-order valence-electron chi connectivity index (χ1n) is 9.19. The van der Waals surface area contributed by atoms with Gasteiger partial charge in [-0.3, -0.25) is 19.3 Å². The van der Waals surface area contributed by atoms with Crippen LogP contribution >= 0.6 is 34.8 Å². The number of ether oxygens (including phenoxy) is 1. The van der Waals surface area contributed by atoms with Gasteiger partial charge in [0.2, 0.25) is 0 Å². The zero-order valence-corrected chi connectivity index (χ0v) is 18.7. The molecule has 0 spiro atoms. The standard InChI is InChI=1S/C21H17Cl3N2O5/c1-10(2)18(26-19(28)12-5-3-4-6-13(12)20(26)29)21(30)31-9-16(27)25-17-14(23)7-11(22)8-15(17)24/h3-8,10,18H,9H2,1-2H3,(H,25,27)/t18-/m1/s1. The molecule has 1 aliphatic rings. The molecule has 0 fully saturated rings. The van der Waals surface area contributed by atoms with Crippen LogP contribution in [0.4, 0.5) is 5.69 Å². The van der Waals surface area contributed by atoms with Gasteiger partial charge in [0.1, 0.15) is 6.04 Å². The minimum atomic E-state index is -1.19. The molecule has 2 aromatic rings. The summed E-state index contributed by atoms with van der Waals surface area (Å²) in [5.74, 6) is -3.20. The Hall–Kier alpha value is -2.61. The molecule has 10 heteroatoms. The maximum atomic E-state index is 12.7. The van der Waals surface area contributed by atoms with Crippen LogP contribution in [0.15, 0.2) is 36.4 Å². The highest BCUT2D eigenvalue weighted by Gasteiger charge is 2.44. The fraction of sp³-hybridized carbons (Fsp3) is 0.238. The second kappa shape index (κ2) is 9.26. The molecule has 0 unspecified atom stereocenters. The summed E-state index contributed by atoms with van der Waals surface area (Å²) in [6.45, 7) is 2.67. The summed E-state index contributed by atoms with van der Waals surface area (Å²) >= 11 is 17.9. The molecule has 0 aliphatic carbocycles. The van der Waals surface area contributed by atoms with Crippen LogP contribution in [0, 0.1) is 5.92 Å². The molecule has 0 aromatic heterocycles. The molecule has 3 rings (SSSR count). The van der Waals surface area contributed by atoms with Gasteiger partial charge in [0.05, 0.1) is 26.9 Å².